The van der Waals surface area contributed by atoms with Crippen molar-refractivity contribution < 1.29 is 32.5 Å². The molecule has 0 heterocycles. The van der Waals surface area contributed by atoms with E-state index >= 15 is 0 Å². The molecule has 3 rings (SSSR count). The summed E-state index contributed by atoms with van der Waals surface area (Å²) in [6, 6.07) is 10.4. The standard InChI is InChI=1S/C24H23Cl2NO7S/c1-31-20-10-14(5-6-15-11-21(32-2)24(34-4)22(12-15)33-3)9-19(23(20)28)27-35(29,30)16-7-8-17(25)18(26)13-16/h5-13,27-28H,1-4H3. The van der Waals surface area contributed by atoms with Crippen molar-refractivity contribution in [2.45, 2.75) is 4.90 Å². The number of methoxy groups -OCH3 is 4. The van der Waals surface area contributed by atoms with Gasteiger partial charge >= 0.3 is 0 Å². The van der Waals surface area contributed by atoms with Gasteiger partial charge in [-0.05, 0) is 53.6 Å². The van der Waals surface area contributed by atoms with E-state index in [-0.39, 0.29) is 32.1 Å². The Bertz CT molecular complexity index is 1350. The van der Waals surface area contributed by atoms with E-state index < -0.39 is 10.0 Å². The van der Waals surface area contributed by atoms with Crippen molar-refractivity contribution >= 4 is 51.1 Å². The van der Waals surface area contributed by atoms with Crippen LogP contribution >= 0.6 is 23.2 Å². The zero-order valence-electron chi connectivity index (χ0n) is 19.3. The fourth-order valence-corrected chi connectivity index (χ4v) is 4.64. The number of sulfonamides is 1. The van der Waals surface area contributed by atoms with Gasteiger partial charge in [-0.1, -0.05) is 35.4 Å². The van der Waals surface area contributed by atoms with Crippen LogP contribution in [0.1, 0.15) is 11.1 Å². The van der Waals surface area contributed by atoms with Crippen molar-refractivity contribution in [1.29, 1.82) is 0 Å². The first-order valence-corrected chi connectivity index (χ1v) is 12.2. The van der Waals surface area contributed by atoms with Crippen LogP contribution in [0, 0.1) is 0 Å². The summed E-state index contributed by atoms with van der Waals surface area (Å²) in [5.41, 5.74) is 1.18. The van der Waals surface area contributed by atoms with Crippen LogP contribution in [0.5, 0.6) is 28.7 Å². The van der Waals surface area contributed by atoms with Gasteiger partial charge in [0.25, 0.3) is 10.0 Å². The SMILES string of the molecule is COc1cc(C=Cc2cc(OC)c(OC)c(OC)c2)cc(NS(=O)(=O)c2ccc(Cl)c(Cl)c2)c1O. The molecule has 3 aromatic carbocycles. The number of ether oxygens (including phenoxy) is 4. The molecule has 35 heavy (non-hydrogen) atoms. The van der Waals surface area contributed by atoms with Gasteiger partial charge in [0.05, 0.1) is 49.1 Å². The third-order valence-corrected chi connectivity index (χ3v) is 7.02. The number of phenolic OH excluding ortho intramolecular Hbond substituents is 1. The number of aromatic hydroxyl groups is 1. The molecule has 0 amide bonds. The maximum Gasteiger partial charge on any atom is 0.262 e. The second kappa shape index (κ2) is 11.0. The van der Waals surface area contributed by atoms with E-state index in [1.807, 2.05) is 0 Å². The number of hydrogen-bond donors (Lipinski definition) is 2. The Balaban J connectivity index is 2.00. The van der Waals surface area contributed by atoms with E-state index in [1.54, 1.807) is 30.4 Å². The second-order valence-corrected chi connectivity index (χ2v) is 9.59. The molecule has 0 aliphatic heterocycles. The molecule has 8 nitrogen and oxygen atoms in total. The first-order chi connectivity index (χ1) is 16.6. The lowest BCUT2D eigenvalue weighted by atomic mass is 10.1. The Morgan fingerprint density at radius 3 is 1.83 bits per heavy atom. The average Bonchev–Trinajstić information content (AvgIpc) is 2.84. The summed E-state index contributed by atoms with van der Waals surface area (Å²) in [7, 11) is 1.82. The molecule has 0 radical (unpaired) electrons. The quantitative estimate of drug-likeness (QED) is 0.265. The fourth-order valence-electron chi connectivity index (χ4n) is 3.20. The maximum atomic E-state index is 12.9. The molecule has 0 aromatic heterocycles. The van der Waals surface area contributed by atoms with E-state index in [1.165, 1.54) is 52.7 Å². The van der Waals surface area contributed by atoms with Gasteiger partial charge in [0.15, 0.2) is 23.0 Å². The summed E-state index contributed by atoms with van der Waals surface area (Å²) in [5.74, 6) is 1.11. The zero-order valence-corrected chi connectivity index (χ0v) is 21.6. The van der Waals surface area contributed by atoms with Gasteiger partial charge in [-0.25, -0.2) is 8.42 Å². The van der Waals surface area contributed by atoms with Crippen molar-refractivity contribution in [3.8, 4) is 28.7 Å². The Kier molecular flexibility index (Phi) is 8.26. The number of phenols is 1. The zero-order chi connectivity index (χ0) is 25.8. The summed E-state index contributed by atoms with van der Waals surface area (Å²) in [6.45, 7) is 0. The van der Waals surface area contributed by atoms with Gasteiger partial charge in [0.1, 0.15) is 0 Å². The van der Waals surface area contributed by atoms with Crippen LogP contribution in [-0.2, 0) is 10.0 Å². The Hall–Kier alpha value is -3.27. The molecule has 0 atom stereocenters. The first kappa shape index (κ1) is 26.3. The highest BCUT2D eigenvalue weighted by Gasteiger charge is 2.20. The number of benzene rings is 3. The molecule has 0 spiro atoms. The molecule has 0 aliphatic carbocycles. The van der Waals surface area contributed by atoms with Crippen molar-refractivity contribution in [3.05, 3.63) is 63.6 Å². The molecular weight excluding hydrogens is 517 g/mol. The van der Waals surface area contributed by atoms with Gasteiger partial charge < -0.3 is 24.1 Å². The van der Waals surface area contributed by atoms with Crippen molar-refractivity contribution in [3.63, 3.8) is 0 Å². The van der Waals surface area contributed by atoms with Gasteiger partial charge in [0, 0.05) is 0 Å². The molecule has 0 fully saturated rings. The lowest BCUT2D eigenvalue weighted by Gasteiger charge is -2.14. The Morgan fingerprint density at radius 2 is 1.31 bits per heavy atom. The average molecular weight is 540 g/mol. The maximum absolute atomic E-state index is 12.9. The third kappa shape index (κ3) is 5.87. The number of halogens is 2. The highest BCUT2D eigenvalue weighted by Crippen LogP contribution is 2.40. The topological polar surface area (TPSA) is 103 Å². The van der Waals surface area contributed by atoms with Gasteiger partial charge in [0.2, 0.25) is 5.75 Å². The first-order valence-electron chi connectivity index (χ1n) is 10.0. The highest BCUT2D eigenvalue weighted by atomic mass is 35.5. The van der Waals surface area contributed by atoms with Crippen LogP contribution in [0.3, 0.4) is 0 Å². The summed E-state index contributed by atoms with van der Waals surface area (Å²) < 4.78 is 49.4. The molecule has 2 N–H and O–H groups in total. The molecule has 0 saturated carbocycles. The van der Waals surface area contributed by atoms with Crippen molar-refractivity contribution in [1.82, 2.24) is 0 Å². The van der Waals surface area contributed by atoms with Crippen LogP contribution in [0.4, 0.5) is 5.69 Å². The van der Waals surface area contributed by atoms with Crippen LogP contribution in [0.15, 0.2) is 47.4 Å². The molecule has 0 unspecified atom stereocenters. The van der Waals surface area contributed by atoms with Gasteiger partial charge in [-0.15, -0.1) is 0 Å². The molecule has 186 valence electrons. The summed E-state index contributed by atoms with van der Waals surface area (Å²) in [5, 5.41) is 10.8. The smallest absolute Gasteiger partial charge is 0.262 e. The monoisotopic (exact) mass is 539 g/mol. The second-order valence-electron chi connectivity index (χ2n) is 7.09. The highest BCUT2D eigenvalue weighted by molar-refractivity contribution is 7.92. The van der Waals surface area contributed by atoms with Crippen molar-refractivity contribution in [2.24, 2.45) is 0 Å². The lowest BCUT2D eigenvalue weighted by Crippen LogP contribution is -2.13. The minimum absolute atomic E-state index is 0.0730. The summed E-state index contributed by atoms with van der Waals surface area (Å²) in [6.07, 6.45) is 3.47. The molecule has 0 bridgehead atoms. The number of rotatable bonds is 9. The van der Waals surface area contributed by atoms with E-state index in [4.69, 9.17) is 42.1 Å². The van der Waals surface area contributed by atoms with Crippen LogP contribution in [0.2, 0.25) is 10.0 Å². The third-order valence-electron chi connectivity index (χ3n) is 4.92. The van der Waals surface area contributed by atoms with Gasteiger partial charge in [-0.3, -0.25) is 4.72 Å². The van der Waals surface area contributed by atoms with E-state index in [0.717, 1.165) is 5.56 Å². The van der Waals surface area contributed by atoms with E-state index in [9.17, 15) is 13.5 Å². The minimum atomic E-state index is -4.09. The number of nitrogens with one attached hydrogen (secondary N) is 1. The Labute approximate surface area is 213 Å². The molecule has 0 saturated heterocycles. The Morgan fingerprint density at radius 1 is 0.771 bits per heavy atom. The predicted molar refractivity (Wildman–Crippen MR) is 137 cm³/mol. The minimum Gasteiger partial charge on any atom is -0.503 e. The summed E-state index contributed by atoms with van der Waals surface area (Å²) >= 11 is 11.8. The van der Waals surface area contributed by atoms with Crippen LogP contribution < -0.4 is 23.7 Å². The molecule has 11 heteroatoms. The predicted octanol–water partition coefficient (Wildman–Crippen LogP) is 5.70. The molecule has 0 aliphatic rings. The normalized spacial score (nSPS) is 11.4. The van der Waals surface area contributed by atoms with Crippen molar-refractivity contribution in [2.75, 3.05) is 33.2 Å². The fraction of sp³-hybridized carbons (Fsp3) is 0.167. The largest absolute Gasteiger partial charge is 0.503 e. The number of hydrogen-bond acceptors (Lipinski definition) is 7. The summed E-state index contributed by atoms with van der Waals surface area (Å²) in [4.78, 5) is -0.122. The number of anilines is 1. The molecule has 3 aromatic rings. The van der Waals surface area contributed by atoms with E-state index in [0.29, 0.717) is 22.8 Å². The van der Waals surface area contributed by atoms with E-state index in [2.05, 4.69) is 4.72 Å². The van der Waals surface area contributed by atoms with Gasteiger partial charge in [-0.2, -0.15) is 0 Å². The van der Waals surface area contributed by atoms with Crippen LogP contribution in [0.25, 0.3) is 12.2 Å². The molecular formula is C24H23Cl2NO7S. The lowest BCUT2D eigenvalue weighted by molar-refractivity contribution is 0.324. The van der Waals surface area contributed by atoms with Crippen LogP contribution in [-0.4, -0.2) is 42.0 Å².